The lowest BCUT2D eigenvalue weighted by Crippen LogP contribution is -2.23. The highest BCUT2D eigenvalue weighted by Gasteiger charge is 2.31. The Balaban J connectivity index is 1.53. The van der Waals surface area contributed by atoms with Gasteiger partial charge in [0.15, 0.2) is 5.78 Å². The number of anilines is 1. The molecule has 2 fully saturated rings. The fourth-order valence-corrected chi connectivity index (χ4v) is 5.59. The molecule has 9 heteroatoms. The summed E-state index contributed by atoms with van der Waals surface area (Å²) in [6.07, 6.45) is 8.32. The molecule has 39 heavy (non-hydrogen) atoms. The van der Waals surface area contributed by atoms with Crippen molar-refractivity contribution in [2.45, 2.75) is 45.1 Å². The highest BCUT2D eigenvalue weighted by Crippen LogP contribution is 2.40. The van der Waals surface area contributed by atoms with E-state index in [1.807, 2.05) is 29.9 Å². The molecule has 0 radical (unpaired) electrons. The number of aromatic amines is 1. The molecular weight excluding hydrogens is 497 g/mol. The number of Topliss-reactive ketones (excluding diaryl/α,β-unsaturated/α-hetero) is 2. The maximum absolute atomic E-state index is 16.2. The number of aryl methyl sites for hydroxylation is 1. The lowest BCUT2D eigenvalue weighted by Gasteiger charge is -2.23. The van der Waals surface area contributed by atoms with Crippen LogP contribution in [0.15, 0.2) is 36.8 Å². The Labute approximate surface area is 226 Å². The van der Waals surface area contributed by atoms with E-state index < -0.39 is 5.82 Å². The molecule has 0 bridgehead atoms. The molecule has 3 aromatic heterocycles. The summed E-state index contributed by atoms with van der Waals surface area (Å²) in [5, 5.41) is 0.667. The van der Waals surface area contributed by atoms with Crippen molar-refractivity contribution in [3.8, 4) is 22.6 Å². The first-order valence-corrected chi connectivity index (χ1v) is 13.5. The molecule has 1 N–H and O–H groups in total. The van der Waals surface area contributed by atoms with Gasteiger partial charge in [-0.3, -0.25) is 14.6 Å². The SMILES string of the molecule is CCC(=O)c1cnc(CC(=O)C2CC2)c2[nH]c(-c3c(F)cc(-c4nccn4C)cc3N3CC[C@@H](OC)C3)cc12. The average Bonchev–Trinajstić information content (AvgIpc) is 3.30. The molecule has 0 spiro atoms. The first-order chi connectivity index (χ1) is 18.9. The van der Waals surface area contributed by atoms with Crippen molar-refractivity contribution in [3.05, 3.63) is 53.9 Å². The quantitative estimate of drug-likeness (QED) is 0.303. The number of ether oxygens (including phenoxy) is 1. The molecule has 2 aliphatic rings. The number of hydrogen-bond acceptors (Lipinski definition) is 6. The zero-order valence-electron chi connectivity index (χ0n) is 22.5. The molecule has 0 unspecified atom stereocenters. The van der Waals surface area contributed by atoms with E-state index in [4.69, 9.17) is 4.74 Å². The predicted molar refractivity (Wildman–Crippen MR) is 147 cm³/mol. The van der Waals surface area contributed by atoms with Crippen molar-refractivity contribution in [3.63, 3.8) is 0 Å². The van der Waals surface area contributed by atoms with Crippen LogP contribution in [0.25, 0.3) is 33.5 Å². The molecule has 202 valence electrons. The van der Waals surface area contributed by atoms with Crippen LogP contribution in [0.2, 0.25) is 0 Å². The number of fused-ring (bicyclic) bond motifs is 1. The number of carbonyl (C=O) groups excluding carboxylic acids is 2. The van der Waals surface area contributed by atoms with E-state index in [0.29, 0.717) is 57.8 Å². The lowest BCUT2D eigenvalue weighted by atomic mass is 10.0. The van der Waals surface area contributed by atoms with Crippen molar-refractivity contribution < 1.29 is 18.7 Å². The highest BCUT2D eigenvalue weighted by atomic mass is 19.1. The smallest absolute Gasteiger partial charge is 0.164 e. The van der Waals surface area contributed by atoms with Crippen LogP contribution in [0.5, 0.6) is 0 Å². The zero-order chi connectivity index (χ0) is 27.3. The second kappa shape index (κ2) is 10.0. The number of halogens is 1. The monoisotopic (exact) mass is 529 g/mol. The van der Waals surface area contributed by atoms with Gasteiger partial charge in [-0.2, -0.15) is 0 Å². The Morgan fingerprint density at radius 2 is 2.00 bits per heavy atom. The Bertz CT molecular complexity index is 1580. The molecule has 0 amide bonds. The number of pyridine rings is 1. The van der Waals surface area contributed by atoms with E-state index in [0.717, 1.165) is 31.5 Å². The maximum atomic E-state index is 16.2. The normalized spacial score (nSPS) is 17.3. The molecular formula is C30H32FN5O3. The molecule has 1 aliphatic heterocycles. The topological polar surface area (TPSA) is 93.1 Å². The largest absolute Gasteiger partial charge is 0.380 e. The molecule has 4 heterocycles. The van der Waals surface area contributed by atoms with Gasteiger partial charge in [-0.1, -0.05) is 6.92 Å². The first kappa shape index (κ1) is 25.4. The minimum Gasteiger partial charge on any atom is -0.380 e. The van der Waals surface area contributed by atoms with Crippen LogP contribution in [0.1, 0.15) is 48.7 Å². The number of aromatic nitrogens is 4. The second-order valence-electron chi connectivity index (χ2n) is 10.6. The summed E-state index contributed by atoms with van der Waals surface area (Å²) >= 11 is 0. The number of hydrogen-bond donors (Lipinski definition) is 1. The summed E-state index contributed by atoms with van der Waals surface area (Å²) in [4.78, 5) is 40.0. The van der Waals surface area contributed by atoms with Crippen molar-refractivity contribution in [2.24, 2.45) is 13.0 Å². The zero-order valence-corrected chi connectivity index (χ0v) is 22.5. The van der Waals surface area contributed by atoms with Crippen LogP contribution >= 0.6 is 0 Å². The lowest BCUT2D eigenvalue weighted by molar-refractivity contribution is -0.119. The second-order valence-corrected chi connectivity index (χ2v) is 10.6. The van der Waals surface area contributed by atoms with Gasteiger partial charge in [-0.15, -0.1) is 0 Å². The van der Waals surface area contributed by atoms with E-state index >= 15 is 4.39 Å². The van der Waals surface area contributed by atoms with Gasteiger partial charge in [-0.05, 0) is 37.5 Å². The van der Waals surface area contributed by atoms with Gasteiger partial charge < -0.3 is 19.2 Å². The first-order valence-electron chi connectivity index (χ1n) is 13.5. The highest BCUT2D eigenvalue weighted by molar-refractivity contribution is 6.09. The average molecular weight is 530 g/mol. The van der Waals surface area contributed by atoms with Gasteiger partial charge in [0.2, 0.25) is 0 Å². The molecule has 1 aliphatic carbocycles. The molecule has 1 saturated heterocycles. The minimum atomic E-state index is -0.398. The number of H-pyrrole nitrogens is 1. The van der Waals surface area contributed by atoms with Crippen molar-refractivity contribution in [2.75, 3.05) is 25.1 Å². The summed E-state index contributed by atoms with van der Waals surface area (Å²) in [7, 11) is 3.58. The Kier molecular flexibility index (Phi) is 6.54. The number of imidazole rings is 1. The molecule has 1 atom stereocenters. The predicted octanol–water partition coefficient (Wildman–Crippen LogP) is 5.11. The fourth-order valence-electron chi connectivity index (χ4n) is 5.59. The number of methoxy groups -OCH3 is 1. The molecule has 8 nitrogen and oxygen atoms in total. The standard InChI is InChI=1S/C30H32FN5O3/c1-4-26(37)21-15-33-24(14-27(38)17-5-6-17)29-20(21)13-23(34-29)28-22(31)11-18(30-32-8-10-35(30)2)12-25(28)36-9-7-19(16-36)39-3/h8,10-13,15,17,19,34H,4-7,9,14,16H2,1-3H3/t19-/m1/s1. The summed E-state index contributed by atoms with van der Waals surface area (Å²) in [5.41, 5.74) is 4.05. The number of benzene rings is 1. The van der Waals surface area contributed by atoms with Crippen LogP contribution in [0.3, 0.4) is 0 Å². The van der Waals surface area contributed by atoms with E-state index in [1.165, 1.54) is 6.07 Å². The molecule has 1 aromatic carbocycles. The van der Waals surface area contributed by atoms with Crippen LogP contribution in [0, 0.1) is 11.7 Å². The molecule has 4 aromatic rings. The summed E-state index contributed by atoms with van der Waals surface area (Å²) in [6, 6.07) is 5.31. The van der Waals surface area contributed by atoms with Crippen LogP contribution in [-0.4, -0.2) is 57.4 Å². The number of ketones is 2. The summed E-state index contributed by atoms with van der Waals surface area (Å²) < 4.78 is 23.6. The van der Waals surface area contributed by atoms with Gasteiger partial charge in [0.25, 0.3) is 0 Å². The third-order valence-corrected chi connectivity index (χ3v) is 7.98. The van der Waals surface area contributed by atoms with Gasteiger partial charge in [-0.25, -0.2) is 9.37 Å². The van der Waals surface area contributed by atoms with E-state index in [9.17, 15) is 9.59 Å². The van der Waals surface area contributed by atoms with Crippen LogP contribution in [0.4, 0.5) is 10.1 Å². The fraction of sp³-hybridized carbons (Fsp3) is 0.400. The van der Waals surface area contributed by atoms with Gasteiger partial charge in [0.1, 0.15) is 17.4 Å². The Morgan fingerprint density at radius 1 is 1.18 bits per heavy atom. The number of nitrogens with one attached hydrogen (secondary N) is 1. The number of nitrogens with zero attached hydrogens (tertiary/aromatic N) is 4. The minimum absolute atomic E-state index is 0.0496. The number of rotatable bonds is 9. The number of carbonyl (C=O) groups is 2. The maximum Gasteiger partial charge on any atom is 0.164 e. The third kappa shape index (κ3) is 4.65. The summed E-state index contributed by atoms with van der Waals surface area (Å²) in [6.45, 7) is 3.16. The van der Waals surface area contributed by atoms with Gasteiger partial charge in [0.05, 0.1) is 35.0 Å². The van der Waals surface area contributed by atoms with Gasteiger partial charge >= 0.3 is 0 Å². The Morgan fingerprint density at radius 3 is 2.67 bits per heavy atom. The molecule has 6 rings (SSSR count). The van der Waals surface area contributed by atoms with Crippen LogP contribution < -0.4 is 4.90 Å². The van der Waals surface area contributed by atoms with Crippen molar-refractivity contribution in [1.82, 2.24) is 19.5 Å². The Hall–Kier alpha value is -3.85. The van der Waals surface area contributed by atoms with E-state index in [-0.39, 0.29) is 30.0 Å². The van der Waals surface area contributed by atoms with Gasteiger partial charge in [0, 0.05) is 80.4 Å². The summed E-state index contributed by atoms with van der Waals surface area (Å²) in [5.74, 6) is 0.473. The van der Waals surface area contributed by atoms with E-state index in [2.05, 4.69) is 19.9 Å². The van der Waals surface area contributed by atoms with Crippen LogP contribution in [-0.2, 0) is 23.0 Å². The third-order valence-electron chi connectivity index (χ3n) is 7.98. The molecule has 1 saturated carbocycles. The van der Waals surface area contributed by atoms with Crippen molar-refractivity contribution >= 4 is 28.2 Å². The van der Waals surface area contributed by atoms with Crippen molar-refractivity contribution in [1.29, 1.82) is 0 Å². The van der Waals surface area contributed by atoms with E-state index in [1.54, 1.807) is 26.4 Å².